The SMILES string of the molecule is CCCCCCCCOc1ccc(Br)cc1/C=C1/SC(=Nc2ccc(C)cc2)N(c2ccc(C)cc2)C1=O. The molecule has 1 heterocycles. The molecule has 3 aromatic rings. The molecule has 1 saturated heterocycles. The van der Waals surface area contributed by atoms with Crippen molar-refractivity contribution < 1.29 is 9.53 Å². The smallest absolute Gasteiger partial charge is 0.271 e. The van der Waals surface area contributed by atoms with E-state index in [2.05, 4.69) is 22.9 Å². The molecule has 0 N–H and O–H groups in total. The number of nitrogens with zero attached hydrogens (tertiary/aromatic N) is 2. The average Bonchev–Trinajstić information content (AvgIpc) is 3.20. The third-order valence-electron chi connectivity index (χ3n) is 6.37. The predicted octanol–water partition coefficient (Wildman–Crippen LogP) is 9.61. The summed E-state index contributed by atoms with van der Waals surface area (Å²) in [6, 6.07) is 21.9. The lowest BCUT2D eigenvalue weighted by atomic mass is 10.1. The highest BCUT2D eigenvalue weighted by Crippen LogP contribution is 2.39. The van der Waals surface area contributed by atoms with Crippen LogP contribution in [0.3, 0.4) is 0 Å². The topological polar surface area (TPSA) is 41.9 Å². The van der Waals surface area contributed by atoms with Crippen LogP contribution in [0.2, 0.25) is 0 Å². The van der Waals surface area contributed by atoms with Crippen molar-refractivity contribution in [2.24, 2.45) is 4.99 Å². The molecule has 1 fully saturated rings. The molecule has 0 bridgehead atoms. The Balaban J connectivity index is 1.60. The summed E-state index contributed by atoms with van der Waals surface area (Å²) in [6.07, 6.45) is 9.21. The van der Waals surface area contributed by atoms with Crippen LogP contribution in [-0.4, -0.2) is 17.7 Å². The zero-order valence-electron chi connectivity index (χ0n) is 22.4. The van der Waals surface area contributed by atoms with Crippen molar-refractivity contribution in [3.63, 3.8) is 0 Å². The zero-order valence-corrected chi connectivity index (χ0v) is 24.8. The highest BCUT2D eigenvalue weighted by molar-refractivity contribution is 9.10. The van der Waals surface area contributed by atoms with Gasteiger partial charge in [0, 0.05) is 10.0 Å². The maximum atomic E-state index is 13.7. The molecule has 0 radical (unpaired) electrons. The van der Waals surface area contributed by atoms with Crippen LogP contribution in [-0.2, 0) is 4.79 Å². The number of thioether (sulfide) groups is 1. The van der Waals surface area contributed by atoms with Gasteiger partial charge in [0.1, 0.15) is 5.75 Å². The molecular formula is C32H35BrN2O2S. The van der Waals surface area contributed by atoms with E-state index < -0.39 is 0 Å². The molecule has 1 amide bonds. The van der Waals surface area contributed by atoms with Crippen LogP contribution in [0, 0.1) is 13.8 Å². The van der Waals surface area contributed by atoms with Gasteiger partial charge in [0.05, 0.1) is 22.9 Å². The van der Waals surface area contributed by atoms with Crippen molar-refractivity contribution in [2.75, 3.05) is 11.5 Å². The van der Waals surface area contributed by atoms with E-state index in [1.54, 1.807) is 4.90 Å². The molecule has 198 valence electrons. The first-order valence-corrected chi connectivity index (χ1v) is 14.9. The minimum Gasteiger partial charge on any atom is -0.493 e. The van der Waals surface area contributed by atoms with Gasteiger partial charge < -0.3 is 4.74 Å². The molecule has 1 aliphatic heterocycles. The number of halogens is 1. The third-order valence-corrected chi connectivity index (χ3v) is 7.83. The molecule has 0 aromatic heterocycles. The van der Waals surface area contributed by atoms with E-state index in [0.717, 1.165) is 39.1 Å². The van der Waals surface area contributed by atoms with E-state index >= 15 is 0 Å². The largest absolute Gasteiger partial charge is 0.493 e. The normalized spacial score (nSPS) is 15.6. The summed E-state index contributed by atoms with van der Waals surface area (Å²) in [7, 11) is 0. The van der Waals surface area contributed by atoms with Gasteiger partial charge in [-0.3, -0.25) is 9.69 Å². The highest BCUT2D eigenvalue weighted by atomic mass is 79.9. The van der Waals surface area contributed by atoms with Gasteiger partial charge in [-0.15, -0.1) is 0 Å². The third kappa shape index (κ3) is 7.61. The fourth-order valence-electron chi connectivity index (χ4n) is 4.17. The maximum absolute atomic E-state index is 13.7. The van der Waals surface area contributed by atoms with Crippen molar-refractivity contribution in [1.82, 2.24) is 0 Å². The number of aryl methyl sites for hydroxylation is 2. The molecule has 38 heavy (non-hydrogen) atoms. The van der Waals surface area contributed by atoms with E-state index in [-0.39, 0.29) is 5.91 Å². The van der Waals surface area contributed by atoms with E-state index in [9.17, 15) is 4.79 Å². The van der Waals surface area contributed by atoms with Crippen LogP contribution in [0.5, 0.6) is 5.75 Å². The molecule has 3 aromatic carbocycles. The number of carbonyl (C=O) groups excluding carboxylic acids is 1. The summed E-state index contributed by atoms with van der Waals surface area (Å²) in [5, 5.41) is 0.638. The van der Waals surface area contributed by atoms with Crippen molar-refractivity contribution in [3.8, 4) is 5.75 Å². The number of amidine groups is 1. The van der Waals surface area contributed by atoms with Gasteiger partial charge in [0.15, 0.2) is 5.17 Å². The van der Waals surface area contributed by atoms with Crippen molar-refractivity contribution >= 4 is 56.2 Å². The van der Waals surface area contributed by atoms with Gasteiger partial charge in [-0.2, -0.15) is 0 Å². The van der Waals surface area contributed by atoms with Crippen molar-refractivity contribution in [3.05, 3.63) is 92.8 Å². The number of rotatable bonds is 11. The Bertz CT molecular complexity index is 1300. The number of carbonyl (C=O) groups is 1. The van der Waals surface area contributed by atoms with E-state index in [1.165, 1.54) is 49.4 Å². The van der Waals surface area contributed by atoms with Gasteiger partial charge in [0.25, 0.3) is 5.91 Å². The zero-order chi connectivity index (χ0) is 26.9. The molecular weight excluding hydrogens is 556 g/mol. The maximum Gasteiger partial charge on any atom is 0.271 e. The first-order chi connectivity index (χ1) is 18.4. The van der Waals surface area contributed by atoms with Gasteiger partial charge in [-0.1, -0.05) is 90.4 Å². The van der Waals surface area contributed by atoms with Gasteiger partial charge in [-0.05, 0) is 80.6 Å². The summed E-state index contributed by atoms with van der Waals surface area (Å²) >= 11 is 4.97. The summed E-state index contributed by atoms with van der Waals surface area (Å²) < 4.78 is 7.11. The molecule has 4 nitrogen and oxygen atoms in total. The second kappa shape index (κ2) is 13.8. The second-order valence-electron chi connectivity index (χ2n) is 9.62. The van der Waals surface area contributed by atoms with Crippen LogP contribution in [0.4, 0.5) is 11.4 Å². The standard InChI is InChI=1S/C32H35BrN2O2S/c1-4-5-6-7-8-9-20-37-29-19-14-26(33)21-25(29)22-30-31(36)35(28-17-12-24(3)13-18-28)32(38-30)34-27-15-10-23(2)11-16-27/h10-19,21-22H,4-9,20H2,1-3H3/b30-22+,34-32?. The summed E-state index contributed by atoms with van der Waals surface area (Å²) in [6.45, 7) is 6.99. The average molecular weight is 592 g/mol. The van der Waals surface area contributed by atoms with E-state index in [0.29, 0.717) is 16.7 Å². The number of amides is 1. The lowest BCUT2D eigenvalue weighted by molar-refractivity contribution is -0.113. The first-order valence-electron chi connectivity index (χ1n) is 13.3. The Hall–Kier alpha value is -2.83. The molecule has 0 spiro atoms. The Morgan fingerprint density at radius 2 is 1.55 bits per heavy atom. The predicted molar refractivity (Wildman–Crippen MR) is 166 cm³/mol. The molecule has 0 atom stereocenters. The van der Waals surface area contributed by atoms with Gasteiger partial charge in [0.2, 0.25) is 0 Å². The Labute approximate surface area is 239 Å². The number of anilines is 1. The fraction of sp³-hybridized carbons (Fsp3) is 0.312. The minimum absolute atomic E-state index is 0.0911. The van der Waals surface area contributed by atoms with Crippen LogP contribution in [0.1, 0.15) is 62.1 Å². The number of benzene rings is 3. The van der Waals surface area contributed by atoms with Gasteiger partial charge in [-0.25, -0.2) is 4.99 Å². The van der Waals surface area contributed by atoms with E-state index in [4.69, 9.17) is 9.73 Å². The molecule has 0 saturated carbocycles. The second-order valence-corrected chi connectivity index (χ2v) is 11.5. The quantitative estimate of drug-likeness (QED) is 0.165. The van der Waals surface area contributed by atoms with Crippen molar-refractivity contribution in [2.45, 2.75) is 59.3 Å². The number of hydrogen-bond donors (Lipinski definition) is 0. The summed E-state index contributed by atoms with van der Waals surface area (Å²) in [5.74, 6) is 0.694. The molecule has 6 heteroatoms. The Kier molecular flexibility index (Phi) is 10.2. The summed E-state index contributed by atoms with van der Waals surface area (Å²) in [5.41, 5.74) is 4.80. The highest BCUT2D eigenvalue weighted by Gasteiger charge is 2.35. The number of unbranched alkanes of at least 4 members (excludes halogenated alkanes) is 5. The van der Waals surface area contributed by atoms with Crippen LogP contribution in [0.15, 0.2) is 81.1 Å². The van der Waals surface area contributed by atoms with E-state index in [1.807, 2.05) is 86.7 Å². The number of ether oxygens (including phenoxy) is 1. The van der Waals surface area contributed by atoms with Crippen LogP contribution in [0.25, 0.3) is 6.08 Å². The molecule has 1 aliphatic rings. The molecule has 4 rings (SSSR count). The number of aliphatic imine (C=N–C) groups is 1. The fourth-order valence-corrected chi connectivity index (χ4v) is 5.54. The minimum atomic E-state index is -0.0911. The monoisotopic (exact) mass is 590 g/mol. The van der Waals surface area contributed by atoms with Crippen LogP contribution >= 0.6 is 27.7 Å². The van der Waals surface area contributed by atoms with Crippen molar-refractivity contribution in [1.29, 1.82) is 0 Å². The summed E-state index contributed by atoms with van der Waals surface area (Å²) in [4.78, 5) is 20.9. The Morgan fingerprint density at radius 1 is 0.895 bits per heavy atom. The lowest BCUT2D eigenvalue weighted by Gasteiger charge is -2.16. The molecule has 0 aliphatic carbocycles. The van der Waals surface area contributed by atoms with Crippen LogP contribution < -0.4 is 9.64 Å². The molecule has 0 unspecified atom stereocenters. The number of hydrogen-bond acceptors (Lipinski definition) is 4. The Morgan fingerprint density at radius 3 is 2.26 bits per heavy atom. The first kappa shape index (κ1) is 28.2. The van der Waals surface area contributed by atoms with Gasteiger partial charge >= 0.3 is 0 Å². The lowest BCUT2D eigenvalue weighted by Crippen LogP contribution is -2.28.